The van der Waals surface area contributed by atoms with Crippen molar-refractivity contribution in [3.05, 3.63) is 75.8 Å². The second kappa shape index (κ2) is 9.90. The highest BCUT2D eigenvalue weighted by Gasteiger charge is 2.32. The highest BCUT2D eigenvalue weighted by molar-refractivity contribution is 9.10. The van der Waals surface area contributed by atoms with Crippen molar-refractivity contribution >= 4 is 43.2 Å². The predicted molar refractivity (Wildman–Crippen MR) is 140 cm³/mol. The van der Waals surface area contributed by atoms with E-state index in [9.17, 15) is 31.5 Å². The number of nitrogens with one attached hydrogen (secondary N) is 1. The Labute approximate surface area is 225 Å². The largest absolute Gasteiger partial charge is 0.506 e. The lowest BCUT2D eigenvalue weighted by Crippen LogP contribution is -2.37. The van der Waals surface area contributed by atoms with E-state index in [1.54, 1.807) is 18.2 Å². The summed E-state index contributed by atoms with van der Waals surface area (Å²) < 4.78 is 72.3. The van der Waals surface area contributed by atoms with Crippen molar-refractivity contribution in [1.82, 2.24) is 0 Å². The number of alkyl halides is 3. The molecule has 38 heavy (non-hydrogen) atoms. The number of halogens is 4. The van der Waals surface area contributed by atoms with E-state index in [-0.39, 0.29) is 30.5 Å². The van der Waals surface area contributed by atoms with Gasteiger partial charge in [0.1, 0.15) is 11.0 Å². The number of phenolic OH excluding ortho intramolecular Hbond substituents is 1. The molecule has 1 unspecified atom stereocenters. The summed E-state index contributed by atoms with van der Waals surface area (Å²) in [6, 6.07) is 12.8. The van der Waals surface area contributed by atoms with Crippen LogP contribution in [-0.4, -0.2) is 44.4 Å². The van der Waals surface area contributed by atoms with E-state index in [2.05, 4.69) is 20.7 Å². The first-order chi connectivity index (χ1) is 17.9. The van der Waals surface area contributed by atoms with Crippen molar-refractivity contribution in [3.8, 4) is 16.9 Å². The van der Waals surface area contributed by atoms with E-state index < -0.39 is 27.0 Å². The number of aromatic hydroxyl groups is 1. The molecule has 0 saturated carbocycles. The minimum Gasteiger partial charge on any atom is -0.506 e. The van der Waals surface area contributed by atoms with Crippen molar-refractivity contribution in [3.63, 3.8) is 0 Å². The number of fused-ring (bicyclic) bond motifs is 1. The molecule has 5 rings (SSSR count). The topological polar surface area (TPSA) is 95.9 Å². The van der Waals surface area contributed by atoms with Gasteiger partial charge in [-0.2, -0.15) is 13.2 Å². The van der Waals surface area contributed by atoms with Gasteiger partial charge in [-0.1, -0.05) is 34.1 Å². The lowest BCUT2D eigenvalue weighted by atomic mass is 9.93. The van der Waals surface area contributed by atoms with Gasteiger partial charge in [0.25, 0.3) is 5.91 Å². The van der Waals surface area contributed by atoms with Crippen molar-refractivity contribution in [1.29, 1.82) is 0 Å². The Balaban J connectivity index is 1.40. The normalized spacial score (nSPS) is 17.9. The average molecular weight is 611 g/mol. The monoisotopic (exact) mass is 610 g/mol. The van der Waals surface area contributed by atoms with E-state index in [1.807, 2.05) is 0 Å². The first kappa shape index (κ1) is 26.5. The second-order valence-corrected chi connectivity index (χ2v) is 11.9. The van der Waals surface area contributed by atoms with Gasteiger partial charge in [-0.15, -0.1) is 0 Å². The summed E-state index contributed by atoms with van der Waals surface area (Å²) in [5.41, 5.74) is 2.03. The number of benzene rings is 3. The lowest BCUT2D eigenvalue weighted by Gasteiger charge is -2.29. The third-order valence-corrected chi connectivity index (χ3v) is 9.07. The van der Waals surface area contributed by atoms with Crippen molar-refractivity contribution in [2.45, 2.75) is 24.3 Å². The smallest absolute Gasteiger partial charge is 0.416 e. The molecule has 3 aromatic rings. The number of sulfonamides is 1. The summed E-state index contributed by atoms with van der Waals surface area (Å²) in [7, 11) is -3.80. The highest BCUT2D eigenvalue weighted by atomic mass is 79.9. The molecule has 1 fully saturated rings. The maximum Gasteiger partial charge on any atom is 0.416 e. The molecular formula is C26H22BrF3N2O5S. The van der Waals surface area contributed by atoms with Gasteiger partial charge in [-0.25, -0.2) is 8.42 Å². The van der Waals surface area contributed by atoms with Crippen LogP contribution in [0.15, 0.2) is 59.1 Å². The van der Waals surface area contributed by atoms with E-state index in [0.29, 0.717) is 46.3 Å². The standard InChI is InChI=1S/C26H22BrF3N2O5S/c27-22-12-17(26(28,29)30)2-5-20(22)15-1-4-21-16(11-15)7-9-32(25(21)34)18-3-6-24(33)23(13-18)31-38(35,36)19-8-10-37-14-19/h1-6,11-13,19,31,33H,7-10,14H2. The van der Waals surface area contributed by atoms with Crippen LogP contribution in [-0.2, 0) is 27.4 Å². The minimum absolute atomic E-state index is 0.0319. The fourth-order valence-corrected chi connectivity index (χ4v) is 6.52. The van der Waals surface area contributed by atoms with Gasteiger partial charge in [0, 0.05) is 28.9 Å². The van der Waals surface area contributed by atoms with Crippen LogP contribution >= 0.6 is 15.9 Å². The van der Waals surface area contributed by atoms with Gasteiger partial charge in [0.2, 0.25) is 10.0 Å². The van der Waals surface area contributed by atoms with Crippen LogP contribution in [0.5, 0.6) is 5.75 Å². The van der Waals surface area contributed by atoms with Crippen molar-refractivity contribution in [2.75, 3.05) is 29.4 Å². The fraction of sp³-hybridized carbons (Fsp3) is 0.269. The zero-order valence-corrected chi connectivity index (χ0v) is 22.2. The van der Waals surface area contributed by atoms with Crippen LogP contribution in [0.25, 0.3) is 11.1 Å². The molecule has 2 N–H and O–H groups in total. The summed E-state index contributed by atoms with van der Waals surface area (Å²) >= 11 is 3.23. The molecule has 2 aliphatic rings. The molecule has 1 amide bonds. The molecule has 0 radical (unpaired) electrons. The number of phenols is 1. The molecular weight excluding hydrogens is 589 g/mol. The predicted octanol–water partition coefficient (Wildman–Crippen LogP) is 5.57. The van der Waals surface area contributed by atoms with E-state index >= 15 is 0 Å². The summed E-state index contributed by atoms with van der Waals surface area (Å²) in [6.07, 6.45) is -3.64. The number of amides is 1. The zero-order chi connectivity index (χ0) is 27.2. The number of carbonyl (C=O) groups is 1. The van der Waals surface area contributed by atoms with Gasteiger partial charge in [-0.05, 0) is 65.9 Å². The number of ether oxygens (including phenoxy) is 1. The Bertz CT molecular complexity index is 1520. The first-order valence-corrected chi connectivity index (χ1v) is 14.0. The third-order valence-electron chi connectivity index (χ3n) is 6.66. The average Bonchev–Trinajstić information content (AvgIpc) is 3.41. The molecule has 0 bridgehead atoms. The molecule has 1 saturated heterocycles. The molecule has 7 nitrogen and oxygen atoms in total. The van der Waals surface area contributed by atoms with E-state index in [0.717, 1.165) is 17.7 Å². The molecule has 0 spiro atoms. The second-order valence-electron chi connectivity index (χ2n) is 9.11. The Kier molecular flexibility index (Phi) is 6.91. The maximum atomic E-state index is 13.4. The molecule has 1 atom stereocenters. The summed E-state index contributed by atoms with van der Waals surface area (Å²) in [5.74, 6) is -0.583. The number of anilines is 2. The minimum atomic E-state index is -4.45. The number of hydrogen-bond donors (Lipinski definition) is 2. The zero-order valence-electron chi connectivity index (χ0n) is 19.8. The summed E-state index contributed by atoms with van der Waals surface area (Å²) in [4.78, 5) is 14.8. The number of hydrogen-bond acceptors (Lipinski definition) is 5. The van der Waals surface area contributed by atoms with Gasteiger partial charge in [0.05, 0.1) is 17.9 Å². The molecule has 2 heterocycles. The van der Waals surface area contributed by atoms with Gasteiger partial charge in [0.15, 0.2) is 0 Å². The van der Waals surface area contributed by atoms with Crippen LogP contribution in [0, 0.1) is 0 Å². The Morgan fingerprint density at radius 3 is 2.50 bits per heavy atom. The van der Waals surface area contributed by atoms with Crippen LogP contribution in [0.4, 0.5) is 24.5 Å². The Morgan fingerprint density at radius 2 is 1.82 bits per heavy atom. The third kappa shape index (κ3) is 5.12. The van der Waals surface area contributed by atoms with E-state index in [4.69, 9.17) is 4.74 Å². The molecule has 0 aliphatic carbocycles. The fourth-order valence-electron chi connectivity index (χ4n) is 4.60. The van der Waals surface area contributed by atoms with Gasteiger partial charge < -0.3 is 14.7 Å². The highest BCUT2D eigenvalue weighted by Crippen LogP contribution is 2.38. The van der Waals surface area contributed by atoms with Crippen molar-refractivity contribution in [2.24, 2.45) is 0 Å². The van der Waals surface area contributed by atoms with Gasteiger partial charge >= 0.3 is 6.18 Å². The molecule has 2 aliphatic heterocycles. The number of carbonyl (C=O) groups excluding carboxylic acids is 1. The molecule has 3 aromatic carbocycles. The number of rotatable bonds is 5. The number of nitrogens with zero attached hydrogens (tertiary/aromatic N) is 1. The molecule has 12 heteroatoms. The first-order valence-electron chi connectivity index (χ1n) is 11.7. The summed E-state index contributed by atoms with van der Waals surface area (Å²) in [6.45, 7) is 0.704. The van der Waals surface area contributed by atoms with E-state index in [1.165, 1.54) is 29.2 Å². The molecule has 200 valence electrons. The Hall–Kier alpha value is -3.09. The van der Waals surface area contributed by atoms with Crippen LogP contribution in [0.2, 0.25) is 0 Å². The van der Waals surface area contributed by atoms with Crippen molar-refractivity contribution < 1.29 is 36.2 Å². The quantitative estimate of drug-likeness (QED) is 0.368. The van der Waals surface area contributed by atoms with Crippen LogP contribution < -0.4 is 9.62 Å². The Morgan fingerprint density at radius 1 is 1.05 bits per heavy atom. The van der Waals surface area contributed by atoms with Crippen LogP contribution in [0.3, 0.4) is 0 Å². The van der Waals surface area contributed by atoms with Gasteiger partial charge in [-0.3, -0.25) is 9.52 Å². The maximum absolute atomic E-state index is 13.4. The lowest BCUT2D eigenvalue weighted by molar-refractivity contribution is -0.137. The molecule has 0 aromatic heterocycles. The van der Waals surface area contributed by atoms with Crippen LogP contribution in [0.1, 0.15) is 27.9 Å². The SMILES string of the molecule is O=C1c2ccc(-c3ccc(C(F)(F)F)cc3Br)cc2CCN1c1ccc(O)c(NS(=O)(=O)C2CCOC2)c1. The summed E-state index contributed by atoms with van der Waals surface area (Å²) in [5, 5.41) is 9.53.